The van der Waals surface area contributed by atoms with E-state index in [-0.39, 0.29) is 44.5 Å². The zero-order chi connectivity index (χ0) is 29.6. The van der Waals surface area contributed by atoms with Crippen molar-refractivity contribution in [3.05, 3.63) is 53.3 Å². The molecule has 0 saturated carbocycles. The largest absolute Gasteiger partial charge is 0.494 e. The molecule has 2 aromatic carbocycles. The van der Waals surface area contributed by atoms with Gasteiger partial charge in [-0.15, -0.1) is 0 Å². The third-order valence-electron chi connectivity index (χ3n) is 7.81. The second kappa shape index (κ2) is 13.8. The predicted molar refractivity (Wildman–Crippen MR) is 150 cm³/mol. The van der Waals surface area contributed by atoms with Crippen molar-refractivity contribution in [1.82, 2.24) is 9.21 Å². The summed E-state index contributed by atoms with van der Waals surface area (Å²) in [6.45, 7) is 3.25. The number of sulfonamides is 1. The summed E-state index contributed by atoms with van der Waals surface area (Å²) < 4.78 is 63.9. The van der Waals surface area contributed by atoms with Gasteiger partial charge >= 0.3 is 5.97 Å². The van der Waals surface area contributed by atoms with Crippen LogP contribution in [-0.2, 0) is 19.6 Å². The number of unbranched alkanes of at least 4 members (excludes halogenated alkanes) is 2. The summed E-state index contributed by atoms with van der Waals surface area (Å²) in [4.78, 5) is 14.8. The molecular formula is C29H39FN2O8S. The summed E-state index contributed by atoms with van der Waals surface area (Å²) in [5.74, 6) is -1.80. The summed E-state index contributed by atoms with van der Waals surface area (Å²) in [6.07, 6.45) is 2.28. The fraction of sp³-hybridized carbons (Fsp3) is 0.552. The van der Waals surface area contributed by atoms with E-state index < -0.39 is 39.7 Å². The molecule has 10 nitrogen and oxygen atoms in total. The van der Waals surface area contributed by atoms with Gasteiger partial charge in [0.1, 0.15) is 0 Å². The van der Waals surface area contributed by atoms with E-state index in [4.69, 9.17) is 18.9 Å². The molecule has 2 aliphatic rings. The normalized spacial score (nSPS) is 20.6. The number of aliphatic carboxylic acids is 1. The smallest absolute Gasteiger partial charge is 0.309 e. The summed E-state index contributed by atoms with van der Waals surface area (Å²) in [6, 6.07) is 9.12. The molecule has 12 heteroatoms. The molecule has 0 radical (unpaired) electrons. The van der Waals surface area contributed by atoms with E-state index >= 15 is 0 Å². The fourth-order valence-corrected chi connectivity index (χ4v) is 7.23. The first-order chi connectivity index (χ1) is 19.7. The monoisotopic (exact) mass is 594 g/mol. The second-order valence-corrected chi connectivity index (χ2v) is 12.4. The maximum atomic E-state index is 14.9. The summed E-state index contributed by atoms with van der Waals surface area (Å²) in [5, 5.41) is 10.5. The maximum Gasteiger partial charge on any atom is 0.309 e. The Morgan fingerprint density at radius 2 is 1.85 bits per heavy atom. The minimum absolute atomic E-state index is 0.0370. The maximum absolute atomic E-state index is 14.9. The lowest BCUT2D eigenvalue weighted by molar-refractivity contribution is -0.143. The Balaban J connectivity index is 1.67. The van der Waals surface area contributed by atoms with E-state index in [9.17, 15) is 22.7 Å². The Bertz CT molecular complexity index is 1310. The second-order valence-electron chi connectivity index (χ2n) is 10.3. The van der Waals surface area contributed by atoms with Gasteiger partial charge in [-0.25, -0.2) is 12.8 Å². The van der Waals surface area contributed by atoms with Crippen LogP contribution in [0, 0.1) is 11.7 Å². The van der Waals surface area contributed by atoms with Crippen molar-refractivity contribution in [2.75, 3.05) is 59.6 Å². The number of nitrogens with zero attached hydrogens (tertiary/aromatic N) is 2. The molecule has 4 rings (SSSR count). The van der Waals surface area contributed by atoms with Crippen molar-refractivity contribution in [2.24, 2.45) is 5.92 Å². The highest BCUT2D eigenvalue weighted by Gasteiger charge is 2.48. The summed E-state index contributed by atoms with van der Waals surface area (Å²) in [7, 11) is -0.671. The molecule has 0 bridgehead atoms. The highest BCUT2D eigenvalue weighted by Crippen LogP contribution is 2.48. The fourth-order valence-electron chi connectivity index (χ4n) is 5.69. The van der Waals surface area contributed by atoms with Crippen molar-refractivity contribution in [3.8, 4) is 17.2 Å². The van der Waals surface area contributed by atoms with Crippen LogP contribution in [0.5, 0.6) is 17.2 Å². The van der Waals surface area contributed by atoms with Gasteiger partial charge in [0.25, 0.3) is 0 Å². The number of methoxy groups -OCH3 is 2. The zero-order valence-electron chi connectivity index (χ0n) is 23.8. The van der Waals surface area contributed by atoms with Gasteiger partial charge in [-0.3, -0.25) is 9.69 Å². The Morgan fingerprint density at radius 3 is 2.54 bits per heavy atom. The van der Waals surface area contributed by atoms with Crippen molar-refractivity contribution in [1.29, 1.82) is 0 Å². The number of rotatable bonds is 15. The number of fused-ring (bicyclic) bond motifs is 1. The van der Waals surface area contributed by atoms with Crippen LogP contribution in [0.2, 0.25) is 0 Å². The lowest BCUT2D eigenvalue weighted by Crippen LogP contribution is -2.41. The molecule has 3 atom stereocenters. The predicted octanol–water partition coefficient (Wildman–Crippen LogP) is 3.87. The van der Waals surface area contributed by atoms with Crippen molar-refractivity contribution in [3.63, 3.8) is 0 Å². The number of hydrogen-bond donors (Lipinski definition) is 1. The molecule has 226 valence electrons. The Hall–Kier alpha value is -2.93. The minimum Gasteiger partial charge on any atom is -0.494 e. The molecular weight excluding hydrogens is 555 g/mol. The summed E-state index contributed by atoms with van der Waals surface area (Å²) >= 11 is 0. The van der Waals surface area contributed by atoms with Crippen molar-refractivity contribution in [2.45, 2.75) is 38.1 Å². The van der Waals surface area contributed by atoms with Crippen LogP contribution in [-0.4, -0.2) is 88.3 Å². The van der Waals surface area contributed by atoms with Gasteiger partial charge in [0.2, 0.25) is 16.8 Å². The van der Waals surface area contributed by atoms with Crippen LogP contribution in [0.15, 0.2) is 36.4 Å². The van der Waals surface area contributed by atoms with E-state index in [1.165, 1.54) is 30.7 Å². The van der Waals surface area contributed by atoms with E-state index in [1.54, 1.807) is 18.2 Å². The molecule has 0 aliphatic carbocycles. The molecule has 2 heterocycles. The van der Waals surface area contributed by atoms with Crippen LogP contribution in [0.25, 0.3) is 0 Å². The van der Waals surface area contributed by atoms with Gasteiger partial charge in [-0.1, -0.05) is 31.9 Å². The minimum atomic E-state index is -3.56. The van der Waals surface area contributed by atoms with Gasteiger partial charge in [0.05, 0.1) is 25.4 Å². The Labute approximate surface area is 241 Å². The zero-order valence-corrected chi connectivity index (χ0v) is 24.6. The number of hydrogen-bond acceptors (Lipinski definition) is 8. The average molecular weight is 595 g/mol. The number of halogens is 1. The third kappa shape index (κ3) is 7.11. The molecule has 1 saturated heterocycles. The van der Waals surface area contributed by atoms with Crippen molar-refractivity contribution < 1.29 is 41.7 Å². The van der Waals surface area contributed by atoms with Crippen LogP contribution in [0.4, 0.5) is 4.39 Å². The quantitative estimate of drug-likeness (QED) is 0.307. The van der Waals surface area contributed by atoms with Crippen LogP contribution in [0.1, 0.15) is 49.3 Å². The molecule has 2 aromatic rings. The number of carboxylic acids is 1. The van der Waals surface area contributed by atoms with Gasteiger partial charge in [-0.2, -0.15) is 4.31 Å². The highest BCUT2D eigenvalue weighted by atomic mass is 32.2. The number of likely N-dealkylation sites (tertiary alicyclic amines) is 1. The number of benzene rings is 2. The van der Waals surface area contributed by atoms with Crippen LogP contribution >= 0.6 is 0 Å². The molecule has 0 unspecified atom stereocenters. The average Bonchev–Trinajstić information content (AvgIpc) is 3.57. The third-order valence-corrected chi connectivity index (χ3v) is 9.76. The van der Waals surface area contributed by atoms with Crippen LogP contribution < -0.4 is 14.2 Å². The Kier molecular flexibility index (Phi) is 10.5. The van der Waals surface area contributed by atoms with Gasteiger partial charge < -0.3 is 24.1 Å². The number of carbonyl (C=O) groups is 1. The highest BCUT2D eigenvalue weighted by molar-refractivity contribution is 7.89. The van der Waals surface area contributed by atoms with Gasteiger partial charge in [0.15, 0.2) is 23.1 Å². The van der Waals surface area contributed by atoms with E-state index in [1.807, 2.05) is 17.9 Å². The SMILES string of the molecule is CCCCCS(=O)(=O)N(CCOC)CCN1C[C@H](c2ccc3c(c2)OCO3)[C@@H](C(=O)O)[C@@H]1c1ccc(OC)c(F)c1. The topological polar surface area (TPSA) is 115 Å². The lowest BCUT2D eigenvalue weighted by Gasteiger charge is -2.30. The first-order valence-electron chi connectivity index (χ1n) is 13.9. The number of carboxylic acid groups (broad SMARTS) is 1. The lowest BCUT2D eigenvalue weighted by atomic mass is 9.82. The van der Waals surface area contributed by atoms with E-state index in [2.05, 4.69) is 0 Å². The molecule has 1 fully saturated rings. The van der Waals surface area contributed by atoms with Crippen molar-refractivity contribution >= 4 is 16.0 Å². The molecule has 1 N–H and O–H groups in total. The van der Waals surface area contributed by atoms with E-state index in [0.717, 1.165) is 18.4 Å². The molecule has 0 spiro atoms. The summed E-state index contributed by atoms with van der Waals surface area (Å²) in [5.41, 5.74) is 1.24. The molecule has 2 aliphatic heterocycles. The molecule has 41 heavy (non-hydrogen) atoms. The molecule has 0 aromatic heterocycles. The van der Waals surface area contributed by atoms with Crippen LogP contribution in [0.3, 0.4) is 0 Å². The standard InChI is InChI=1S/C29H39FN2O8S/c1-4-5-6-15-41(35,36)32(13-14-37-2)12-11-31-18-22(20-7-10-25-26(17-20)40-19-39-25)27(29(33)34)28(31)21-8-9-24(38-3)23(30)16-21/h7-10,16-17,22,27-28H,4-6,11-15,18-19H2,1-3H3,(H,33,34)/t22-,27-,28+/m1/s1. The number of ether oxygens (including phenoxy) is 4. The van der Waals surface area contributed by atoms with Gasteiger partial charge in [-0.05, 0) is 41.8 Å². The Morgan fingerprint density at radius 1 is 1.10 bits per heavy atom. The first-order valence-corrected chi connectivity index (χ1v) is 15.5. The first kappa shape index (κ1) is 31.0. The van der Waals surface area contributed by atoms with E-state index in [0.29, 0.717) is 30.0 Å². The van der Waals surface area contributed by atoms with Gasteiger partial charge in [0, 0.05) is 45.2 Å². The molecule has 0 amide bonds.